The average Bonchev–Trinajstić information content (AvgIpc) is 3.35. The Bertz CT molecular complexity index is 1110. The van der Waals surface area contributed by atoms with E-state index in [-0.39, 0.29) is 10.8 Å². The van der Waals surface area contributed by atoms with E-state index in [0.29, 0.717) is 18.8 Å². The van der Waals surface area contributed by atoms with Crippen molar-refractivity contribution in [1.82, 2.24) is 4.31 Å². The highest BCUT2D eigenvalue weighted by Gasteiger charge is 2.27. The minimum absolute atomic E-state index is 0.157. The molecule has 1 unspecified atom stereocenters. The highest BCUT2D eigenvalue weighted by atomic mass is 32.2. The lowest BCUT2D eigenvalue weighted by Gasteiger charge is -2.18. The number of benzene rings is 3. The van der Waals surface area contributed by atoms with Gasteiger partial charge < -0.3 is 5.32 Å². The third-order valence-electron chi connectivity index (χ3n) is 5.16. The number of amides is 1. The highest BCUT2D eigenvalue weighted by Crippen LogP contribution is 2.36. The predicted molar refractivity (Wildman–Crippen MR) is 125 cm³/mol. The molecule has 0 aliphatic carbocycles. The van der Waals surface area contributed by atoms with Gasteiger partial charge >= 0.3 is 0 Å². The lowest BCUT2D eigenvalue weighted by molar-refractivity contribution is -0.115. The van der Waals surface area contributed by atoms with E-state index in [1.165, 1.54) is 16.1 Å². The summed E-state index contributed by atoms with van der Waals surface area (Å²) >= 11 is 1.48. The number of carbonyl (C=O) groups is 1. The molecule has 7 heteroatoms. The van der Waals surface area contributed by atoms with Gasteiger partial charge in [0.1, 0.15) is 5.25 Å². The SMILES string of the molecule is O=C(Nc1ccc(S(=O)(=O)N2CCCC2)cc1)C(Sc1ccccc1)c1ccccc1. The van der Waals surface area contributed by atoms with Gasteiger partial charge in [0.05, 0.1) is 4.90 Å². The number of hydrogen-bond acceptors (Lipinski definition) is 4. The maximum absolute atomic E-state index is 13.1. The van der Waals surface area contributed by atoms with E-state index in [1.54, 1.807) is 24.3 Å². The third-order valence-corrected chi connectivity index (χ3v) is 8.34. The monoisotopic (exact) mass is 452 g/mol. The molecule has 5 nitrogen and oxygen atoms in total. The van der Waals surface area contributed by atoms with Crippen molar-refractivity contribution in [3.05, 3.63) is 90.5 Å². The van der Waals surface area contributed by atoms with Gasteiger partial charge in [-0.1, -0.05) is 48.5 Å². The van der Waals surface area contributed by atoms with E-state index in [4.69, 9.17) is 0 Å². The molecule has 1 amide bonds. The number of carbonyl (C=O) groups excluding carboxylic acids is 1. The zero-order chi connectivity index (χ0) is 21.7. The Labute approximate surface area is 187 Å². The van der Waals surface area contributed by atoms with Crippen LogP contribution in [0.15, 0.2) is 94.7 Å². The first-order valence-corrected chi connectivity index (χ1v) is 12.5. The van der Waals surface area contributed by atoms with Crippen LogP contribution in [0, 0.1) is 0 Å². The van der Waals surface area contributed by atoms with Crippen LogP contribution in [0.25, 0.3) is 0 Å². The number of nitrogens with one attached hydrogen (secondary N) is 1. The second kappa shape index (κ2) is 9.68. The van der Waals surface area contributed by atoms with Crippen LogP contribution in [0.1, 0.15) is 23.7 Å². The Hall–Kier alpha value is -2.61. The number of anilines is 1. The minimum atomic E-state index is -3.47. The van der Waals surface area contributed by atoms with Crippen molar-refractivity contribution in [3.63, 3.8) is 0 Å². The van der Waals surface area contributed by atoms with Crippen LogP contribution in [0.3, 0.4) is 0 Å². The van der Waals surface area contributed by atoms with Gasteiger partial charge in [0.15, 0.2) is 0 Å². The van der Waals surface area contributed by atoms with Crippen molar-refractivity contribution < 1.29 is 13.2 Å². The smallest absolute Gasteiger partial charge is 0.243 e. The molecule has 1 heterocycles. The molecular formula is C24H24N2O3S2. The average molecular weight is 453 g/mol. The van der Waals surface area contributed by atoms with Gasteiger partial charge in [-0.05, 0) is 54.8 Å². The minimum Gasteiger partial charge on any atom is -0.325 e. The highest BCUT2D eigenvalue weighted by molar-refractivity contribution is 8.00. The van der Waals surface area contributed by atoms with Gasteiger partial charge in [0.2, 0.25) is 15.9 Å². The summed E-state index contributed by atoms with van der Waals surface area (Å²) in [5, 5.41) is 2.51. The van der Waals surface area contributed by atoms with E-state index in [0.717, 1.165) is 23.3 Å². The van der Waals surface area contributed by atoms with Crippen LogP contribution in [-0.2, 0) is 14.8 Å². The summed E-state index contributed by atoms with van der Waals surface area (Å²) < 4.78 is 26.9. The lowest BCUT2D eigenvalue weighted by atomic mass is 10.1. The first-order valence-electron chi connectivity index (χ1n) is 10.2. The van der Waals surface area contributed by atoms with E-state index >= 15 is 0 Å². The predicted octanol–water partition coefficient (Wildman–Crippen LogP) is 4.94. The summed E-state index contributed by atoms with van der Waals surface area (Å²) in [4.78, 5) is 14.4. The largest absolute Gasteiger partial charge is 0.325 e. The summed E-state index contributed by atoms with van der Waals surface area (Å²) in [5.74, 6) is -0.157. The number of hydrogen-bond donors (Lipinski definition) is 1. The first-order chi connectivity index (χ1) is 15.0. The molecule has 4 rings (SSSR count). The fourth-order valence-electron chi connectivity index (χ4n) is 3.53. The van der Waals surface area contributed by atoms with Gasteiger partial charge in [-0.3, -0.25) is 4.79 Å². The maximum atomic E-state index is 13.1. The molecule has 1 aliphatic rings. The lowest BCUT2D eigenvalue weighted by Crippen LogP contribution is -2.27. The second-order valence-electron chi connectivity index (χ2n) is 7.35. The van der Waals surface area contributed by atoms with Crippen molar-refractivity contribution in [2.24, 2.45) is 0 Å². The molecule has 0 radical (unpaired) electrons. The first kappa shape index (κ1) is 21.6. The molecule has 0 aromatic heterocycles. The van der Waals surface area contributed by atoms with Gasteiger partial charge in [0, 0.05) is 23.7 Å². The summed E-state index contributed by atoms with van der Waals surface area (Å²) in [6.45, 7) is 1.13. The zero-order valence-corrected chi connectivity index (χ0v) is 18.6. The molecule has 0 saturated carbocycles. The molecule has 31 heavy (non-hydrogen) atoms. The molecule has 3 aromatic carbocycles. The van der Waals surface area contributed by atoms with Gasteiger partial charge in [0.25, 0.3) is 0 Å². The normalized spacial score (nSPS) is 15.5. The standard InChI is InChI=1S/C24H24N2O3S2/c27-24(23(19-9-3-1-4-10-19)30-21-11-5-2-6-12-21)25-20-13-15-22(16-14-20)31(28,29)26-17-7-8-18-26/h1-6,9-16,23H,7-8,17-18H2,(H,25,27). The number of sulfonamides is 1. The Morgan fingerprint density at radius 1 is 0.839 bits per heavy atom. The molecular weight excluding hydrogens is 428 g/mol. The van der Waals surface area contributed by atoms with E-state index in [1.807, 2.05) is 60.7 Å². The molecule has 1 aliphatic heterocycles. The van der Waals surface area contributed by atoms with E-state index in [9.17, 15) is 13.2 Å². The van der Waals surface area contributed by atoms with Crippen molar-refractivity contribution in [3.8, 4) is 0 Å². The van der Waals surface area contributed by atoms with Crippen molar-refractivity contribution in [1.29, 1.82) is 0 Å². The molecule has 1 atom stereocenters. The van der Waals surface area contributed by atoms with Crippen LogP contribution in [-0.4, -0.2) is 31.7 Å². The summed E-state index contributed by atoms with van der Waals surface area (Å²) in [6.07, 6.45) is 1.79. The molecule has 1 saturated heterocycles. The fourth-order valence-corrected chi connectivity index (χ4v) is 6.09. The van der Waals surface area contributed by atoms with Crippen molar-refractivity contribution in [2.75, 3.05) is 18.4 Å². The van der Waals surface area contributed by atoms with Crippen LogP contribution < -0.4 is 5.32 Å². The topological polar surface area (TPSA) is 66.5 Å². The van der Waals surface area contributed by atoms with Gasteiger partial charge in [-0.25, -0.2) is 8.42 Å². The number of thioether (sulfide) groups is 1. The van der Waals surface area contributed by atoms with Gasteiger partial charge in [-0.2, -0.15) is 4.31 Å². The fraction of sp³-hybridized carbons (Fsp3) is 0.208. The number of rotatable bonds is 7. The maximum Gasteiger partial charge on any atom is 0.243 e. The summed E-state index contributed by atoms with van der Waals surface area (Å²) in [5.41, 5.74) is 1.47. The van der Waals surface area contributed by atoms with Crippen LogP contribution >= 0.6 is 11.8 Å². The van der Waals surface area contributed by atoms with Crippen LogP contribution in [0.4, 0.5) is 5.69 Å². The Kier molecular flexibility index (Phi) is 6.75. The summed E-state index contributed by atoms with van der Waals surface area (Å²) in [7, 11) is -3.47. The number of nitrogens with zero attached hydrogens (tertiary/aromatic N) is 1. The molecule has 3 aromatic rings. The molecule has 0 bridgehead atoms. The molecule has 160 valence electrons. The van der Waals surface area contributed by atoms with E-state index < -0.39 is 15.3 Å². The summed E-state index contributed by atoms with van der Waals surface area (Å²) in [6, 6.07) is 25.8. The Morgan fingerprint density at radius 2 is 1.42 bits per heavy atom. The molecule has 1 fully saturated rings. The molecule has 0 spiro atoms. The van der Waals surface area contributed by atoms with Crippen molar-refractivity contribution in [2.45, 2.75) is 27.9 Å². The second-order valence-corrected chi connectivity index (χ2v) is 10.5. The Morgan fingerprint density at radius 3 is 2.03 bits per heavy atom. The Balaban J connectivity index is 1.51. The zero-order valence-electron chi connectivity index (χ0n) is 17.0. The quantitative estimate of drug-likeness (QED) is 0.516. The van der Waals surface area contributed by atoms with E-state index in [2.05, 4.69) is 5.32 Å². The third kappa shape index (κ3) is 5.18. The van der Waals surface area contributed by atoms with Gasteiger partial charge in [-0.15, -0.1) is 11.8 Å². The van der Waals surface area contributed by atoms with Crippen LogP contribution in [0.2, 0.25) is 0 Å². The molecule has 1 N–H and O–H groups in total. The van der Waals surface area contributed by atoms with Crippen LogP contribution in [0.5, 0.6) is 0 Å². The van der Waals surface area contributed by atoms with Crippen molar-refractivity contribution >= 4 is 33.4 Å².